The average molecular weight is 254 g/mol. The highest BCUT2D eigenvalue weighted by Crippen LogP contribution is 2.09. The first-order valence-electron chi connectivity index (χ1n) is 5.94. The van der Waals surface area contributed by atoms with Crippen LogP contribution in [0.3, 0.4) is 0 Å². The number of rotatable bonds is 5. The molecule has 1 aromatic heterocycles. The van der Waals surface area contributed by atoms with Crippen molar-refractivity contribution in [3.8, 4) is 0 Å². The Labute approximate surface area is 105 Å². The zero-order chi connectivity index (χ0) is 12.1. The fourth-order valence-electron chi connectivity index (χ4n) is 1.93. The number of nitrogens with one attached hydrogen (secondary N) is 1. The predicted octanol–water partition coefficient (Wildman–Crippen LogP) is 0.427. The first-order valence-corrected chi connectivity index (χ1v) is 6.82. The van der Waals surface area contributed by atoms with E-state index >= 15 is 0 Å². The summed E-state index contributed by atoms with van der Waals surface area (Å²) in [5.74, 6) is -0.0971. The summed E-state index contributed by atoms with van der Waals surface area (Å²) in [6.07, 6.45) is 2.56. The third-order valence-electron chi connectivity index (χ3n) is 2.87. The van der Waals surface area contributed by atoms with Crippen LogP contribution in [0.25, 0.3) is 0 Å². The van der Waals surface area contributed by atoms with Crippen LogP contribution in [0.5, 0.6) is 0 Å². The van der Waals surface area contributed by atoms with Crippen LogP contribution >= 0.6 is 11.3 Å². The minimum Gasteiger partial charge on any atom is -0.349 e. The summed E-state index contributed by atoms with van der Waals surface area (Å²) in [6.45, 7) is 4.33. The molecule has 1 aromatic rings. The fraction of sp³-hybridized carbons (Fsp3) is 0.636. The number of amides is 1. The van der Waals surface area contributed by atoms with Gasteiger partial charge < -0.3 is 16.0 Å². The van der Waals surface area contributed by atoms with Crippen molar-refractivity contribution in [3.63, 3.8) is 0 Å². The van der Waals surface area contributed by atoms with E-state index < -0.39 is 0 Å². The van der Waals surface area contributed by atoms with Gasteiger partial charge in [0.2, 0.25) is 0 Å². The molecule has 1 aliphatic rings. The number of nitrogens with zero attached hydrogens (tertiary/aromatic N) is 2. The number of hydrogen-bond donors (Lipinski definition) is 2. The van der Waals surface area contributed by atoms with Crippen molar-refractivity contribution in [1.29, 1.82) is 0 Å². The van der Waals surface area contributed by atoms with Gasteiger partial charge in [-0.3, -0.25) is 4.79 Å². The van der Waals surface area contributed by atoms with Gasteiger partial charge in [-0.05, 0) is 25.9 Å². The van der Waals surface area contributed by atoms with Gasteiger partial charge in [-0.2, -0.15) is 0 Å². The Morgan fingerprint density at radius 3 is 2.94 bits per heavy atom. The lowest BCUT2D eigenvalue weighted by Crippen LogP contribution is -2.33. The Morgan fingerprint density at radius 1 is 1.53 bits per heavy atom. The van der Waals surface area contributed by atoms with Crippen molar-refractivity contribution in [2.75, 3.05) is 26.2 Å². The van der Waals surface area contributed by atoms with Crippen LogP contribution in [0, 0.1) is 0 Å². The molecule has 0 unspecified atom stereocenters. The van der Waals surface area contributed by atoms with E-state index in [1.165, 1.54) is 24.2 Å². The molecule has 0 atom stereocenters. The lowest BCUT2D eigenvalue weighted by Gasteiger charge is -2.14. The van der Waals surface area contributed by atoms with Crippen molar-refractivity contribution in [2.45, 2.75) is 19.4 Å². The van der Waals surface area contributed by atoms with E-state index in [1.807, 2.05) is 0 Å². The van der Waals surface area contributed by atoms with E-state index in [0.717, 1.165) is 24.6 Å². The molecule has 0 saturated carbocycles. The van der Waals surface area contributed by atoms with Crippen LogP contribution < -0.4 is 11.1 Å². The van der Waals surface area contributed by atoms with Crippen LogP contribution in [0.1, 0.15) is 28.3 Å². The quantitative estimate of drug-likeness (QED) is 0.799. The highest BCUT2D eigenvalue weighted by atomic mass is 32.1. The molecule has 0 aliphatic carbocycles. The van der Waals surface area contributed by atoms with Crippen molar-refractivity contribution in [1.82, 2.24) is 15.2 Å². The van der Waals surface area contributed by atoms with Gasteiger partial charge in [-0.1, -0.05) is 0 Å². The Morgan fingerprint density at radius 2 is 2.29 bits per heavy atom. The van der Waals surface area contributed by atoms with Gasteiger partial charge in [0.15, 0.2) is 0 Å². The largest absolute Gasteiger partial charge is 0.349 e. The standard InChI is InChI=1S/C11H18N4OS/c12-7-10-14-9(8-17-10)11(16)13-3-6-15-4-1-2-5-15/h8H,1-7,12H2,(H,13,16). The van der Waals surface area contributed by atoms with Gasteiger partial charge in [0.1, 0.15) is 10.7 Å². The number of carbonyl (C=O) groups is 1. The molecule has 5 nitrogen and oxygen atoms in total. The van der Waals surface area contributed by atoms with Crippen LogP contribution in [-0.4, -0.2) is 42.0 Å². The number of aromatic nitrogens is 1. The third-order valence-corrected chi connectivity index (χ3v) is 3.74. The molecule has 0 radical (unpaired) electrons. The van der Waals surface area contributed by atoms with Gasteiger partial charge in [0, 0.05) is 25.0 Å². The summed E-state index contributed by atoms with van der Waals surface area (Å²) in [7, 11) is 0. The number of thiazole rings is 1. The third kappa shape index (κ3) is 3.49. The lowest BCUT2D eigenvalue weighted by molar-refractivity contribution is 0.0945. The van der Waals surface area contributed by atoms with Crippen LogP contribution in [-0.2, 0) is 6.54 Å². The molecule has 3 N–H and O–H groups in total. The summed E-state index contributed by atoms with van der Waals surface area (Å²) in [6, 6.07) is 0. The molecule has 1 saturated heterocycles. The van der Waals surface area contributed by atoms with Gasteiger partial charge in [0.05, 0.1) is 0 Å². The summed E-state index contributed by atoms with van der Waals surface area (Å²) in [4.78, 5) is 18.2. The van der Waals surface area contributed by atoms with Gasteiger partial charge >= 0.3 is 0 Å². The maximum atomic E-state index is 11.7. The Kier molecular flexibility index (Phi) is 4.47. The average Bonchev–Trinajstić information content (AvgIpc) is 2.99. The zero-order valence-corrected chi connectivity index (χ0v) is 10.6. The first-order chi connectivity index (χ1) is 8.29. The van der Waals surface area contributed by atoms with E-state index in [1.54, 1.807) is 5.38 Å². The van der Waals surface area contributed by atoms with Crippen LogP contribution in [0.2, 0.25) is 0 Å². The van der Waals surface area contributed by atoms with Crippen molar-refractivity contribution in [3.05, 3.63) is 16.1 Å². The summed E-state index contributed by atoms with van der Waals surface area (Å²) >= 11 is 1.43. The second-order valence-electron chi connectivity index (χ2n) is 4.14. The van der Waals surface area contributed by atoms with Gasteiger partial charge in [0.25, 0.3) is 5.91 Å². The number of likely N-dealkylation sites (tertiary alicyclic amines) is 1. The first kappa shape index (κ1) is 12.5. The Hall–Kier alpha value is -0.980. The van der Waals surface area contributed by atoms with E-state index in [0.29, 0.717) is 18.8 Å². The second-order valence-corrected chi connectivity index (χ2v) is 5.08. The smallest absolute Gasteiger partial charge is 0.270 e. The van der Waals surface area contributed by atoms with Gasteiger partial charge in [-0.15, -0.1) is 11.3 Å². The molecule has 17 heavy (non-hydrogen) atoms. The zero-order valence-electron chi connectivity index (χ0n) is 9.82. The van der Waals surface area contributed by atoms with E-state index in [-0.39, 0.29) is 5.91 Å². The Balaban J connectivity index is 1.72. The monoisotopic (exact) mass is 254 g/mol. The minimum absolute atomic E-state index is 0.0971. The number of nitrogens with two attached hydrogens (primary N) is 1. The molecule has 2 rings (SSSR count). The summed E-state index contributed by atoms with van der Waals surface area (Å²) in [5, 5.41) is 5.44. The van der Waals surface area contributed by atoms with E-state index in [4.69, 9.17) is 5.73 Å². The maximum Gasteiger partial charge on any atom is 0.270 e. The molecule has 1 fully saturated rings. The van der Waals surface area contributed by atoms with Crippen LogP contribution in [0.15, 0.2) is 5.38 Å². The van der Waals surface area contributed by atoms with Gasteiger partial charge in [-0.25, -0.2) is 4.98 Å². The summed E-state index contributed by atoms with van der Waals surface area (Å²) < 4.78 is 0. The normalized spacial score (nSPS) is 16.3. The topological polar surface area (TPSA) is 71.2 Å². The number of hydrogen-bond acceptors (Lipinski definition) is 5. The molecule has 94 valence electrons. The van der Waals surface area contributed by atoms with E-state index in [9.17, 15) is 4.79 Å². The number of carbonyl (C=O) groups excluding carboxylic acids is 1. The highest BCUT2D eigenvalue weighted by molar-refractivity contribution is 7.09. The minimum atomic E-state index is -0.0971. The fourth-order valence-corrected chi connectivity index (χ4v) is 2.59. The molecule has 1 aliphatic heterocycles. The molecule has 0 spiro atoms. The molecule has 0 bridgehead atoms. The van der Waals surface area contributed by atoms with E-state index in [2.05, 4.69) is 15.2 Å². The molecular weight excluding hydrogens is 236 g/mol. The molecule has 2 heterocycles. The maximum absolute atomic E-state index is 11.7. The summed E-state index contributed by atoms with van der Waals surface area (Å²) in [5.41, 5.74) is 5.94. The van der Waals surface area contributed by atoms with Crippen molar-refractivity contribution >= 4 is 17.2 Å². The SMILES string of the molecule is NCc1nc(C(=O)NCCN2CCCC2)cs1. The Bertz CT molecular complexity index is 373. The molecule has 1 amide bonds. The predicted molar refractivity (Wildman–Crippen MR) is 68.0 cm³/mol. The van der Waals surface area contributed by atoms with Crippen LogP contribution in [0.4, 0.5) is 0 Å². The van der Waals surface area contributed by atoms with Crippen molar-refractivity contribution < 1.29 is 4.79 Å². The molecule has 0 aromatic carbocycles. The second kappa shape index (κ2) is 6.09. The lowest BCUT2D eigenvalue weighted by atomic mass is 10.4. The molecule has 6 heteroatoms. The molecular formula is C11H18N4OS. The highest BCUT2D eigenvalue weighted by Gasteiger charge is 2.13. The van der Waals surface area contributed by atoms with Crippen molar-refractivity contribution in [2.24, 2.45) is 5.73 Å².